The van der Waals surface area contributed by atoms with Gasteiger partial charge in [-0.3, -0.25) is 4.57 Å². The third-order valence-corrected chi connectivity index (χ3v) is 7.40. The zero-order chi connectivity index (χ0) is 21.7. The number of nitrogen functional groups attached to an aromatic ring is 1. The highest BCUT2D eigenvalue weighted by atomic mass is 79.9. The first-order chi connectivity index (χ1) is 14.3. The number of rotatable bonds is 9. The van der Waals surface area contributed by atoms with E-state index in [0.29, 0.717) is 40.8 Å². The second kappa shape index (κ2) is 10.2. The van der Waals surface area contributed by atoms with Crippen LogP contribution >= 0.6 is 23.3 Å². The number of hydrogen-bond donors (Lipinski definition) is 1. The number of nitrogens with zero attached hydrogens (tertiary/aromatic N) is 4. The van der Waals surface area contributed by atoms with Gasteiger partial charge in [-0.2, -0.15) is 9.97 Å². The van der Waals surface area contributed by atoms with E-state index >= 15 is 0 Å². The van der Waals surface area contributed by atoms with E-state index in [4.69, 9.17) is 15.0 Å². The van der Waals surface area contributed by atoms with Gasteiger partial charge in [0.25, 0.3) is 0 Å². The Kier molecular flexibility index (Phi) is 7.93. The van der Waals surface area contributed by atoms with Crippen molar-refractivity contribution in [3.8, 4) is 6.01 Å². The first-order valence-electron chi connectivity index (χ1n) is 10.6. The van der Waals surface area contributed by atoms with Crippen LogP contribution in [0.4, 0.5) is 5.82 Å². The van der Waals surface area contributed by atoms with E-state index in [9.17, 15) is 4.57 Å². The van der Waals surface area contributed by atoms with Gasteiger partial charge in [0.1, 0.15) is 0 Å². The molecule has 2 N–H and O–H groups in total. The molecule has 0 spiro atoms. The van der Waals surface area contributed by atoms with Gasteiger partial charge in [-0.15, -0.1) is 0 Å². The Labute approximate surface area is 186 Å². The van der Waals surface area contributed by atoms with E-state index in [1.54, 1.807) is 6.66 Å². The van der Waals surface area contributed by atoms with Crippen molar-refractivity contribution in [2.75, 3.05) is 25.6 Å². The molecule has 2 heterocycles. The van der Waals surface area contributed by atoms with E-state index in [1.807, 2.05) is 17.3 Å². The standard InChI is InChI=1S/C20H31BrN5O3P/c1-4-6-10-28-20-24-17(22)16-18(25-20)26(19(21)23-16)12-14-8-7-9-15(11-14)13-30(3,27)29-5-2/h13-14H,4-12H2,1-3H3,(H2,22,24,25)/b15-13+. The second-order valence-corrected chi connectivity index (χ2v) is 10.9. The molecule has 2 aromatic heterocycles. The van der Waals surface area contributed by atoms with Crippen molar-refractivity contribution in [2.45, 2.75) is 58.9 Å². The summed E-state index contributed by atoms with van der Waals surface area (Å²) in [6.07, 6.45) is 5.98. The molecule has 2 atom stereocenters. The Bertz CT molecular complexity index is 962. The minimum absolute atomic E-state index is 0.287. The molecule has 30 heavy (non-hydrogen) atoms. The third kappa shape index (κ3) is 5.83. The molecule has 0 saturated heterocycles. The lowest BCUT2D eigenvalue weighted by Crippen LogP contribution is -2.16. The second-order valence-electron chi connectivity index (χ2n) is 7.83. The van der Waals surface area contributed by atoms with Crippen LogP contribution in [0.15, 0.2) is 16.1 Å². The number of aromatic nitrogens is 4. The van der Waals surface area contributed by atoms with Gasteiger partial charge in [0, 0.05) is 13.2 Å². The maximum absolute atomic E-state index is 12.6. The van der Waals surface area contributed by atoms with E-state index in [1.165, 1.54) is 5.57 Å². The van der Waals surface area contributed by atoms with Crippen LogP contribution in [0.25, 0.3) is 11.2 Å². The Morgan fingerprint density at radius 1 is 1.33 bits per heavy atom. The zero-order valence-corrected chi connectivity index (χ0v) is 20.4. The fraction of sp³-hybridized carbons (Fsp3) is 0.650. The van der Waals surface area contributed by atoms with Crippen molar-refractivity contribution in [1.82, 2.24) is 19.5 Å². The summed E-state index contributed by atoms with van der Waals surface area (Å²) in [5, 5.41) is 0. The smallest absolute Gasteiger partial charge is 0.320 e. The lowest BCUT2D eigenvalue weighted by Gasteiger charge is -2.25. The number of imidazole rings is 1. The van der Waals surface area contributed by atoms with Crippen LogP contribution in [0.2, 0.25) is 0 Å². The number of allylic oxidation sites excluding steroid dienone is 1. The molecular weight excluding hydrogens is 469 g/mol. The molecule has 1 saturated carbocycles. The SMILES string of the molecule is CCCCOc1nc(N)c2nc(Br)n(CC3CCC/C(=C\P(C)(=O)OCC)C3)c2n1. The fourth-order valence-corrected chi connectivity index (χ4v) is 5.83. The van der Waals surface area contributed by atoms with Crippen molar-refractivity contribution in [3.63, 3.8) is 0 Å². The number of anilines is 1. The van der Waals surface area contributed by atoms with Crippen molar-refractivity contribution in [2.24, 2.45) is 5.92 Å². The van der Waals surface area contributed by atoms with Crippen molar-refractivity contribution < 1.29 is 13.8 Å². The van der Waals surface area contributed by atoms with Gasteiger partial charge in [0.05, 0.1) is 13.2 Å². The molecule has 0 aliphatic heterocycles. The quantitative estimate of drug-likeness (QED) is 0.280. The molecule has 1 aliphatic carbocycles. The molecule has 1 aliphatic rings. The molecule has 0 bridgehead atoms. The van der Waals surface area contributed by atoms with Crippen LogP contribution in [0.5, 0.6) is 6.01 Å². The lowest BCUT2D eigenvalue weighted by atomic mass is 9.86. The predicted molar refractivity (Wildman–Crippen MR) is 123 cm³/mol. The predicted octanol–water partition coefficient (Wildman–Crippen LogP) is 5.37. The van der Waals surface area contributed by atoms with E-state index in [2.05, 4.69) is 37.8 Å². The number of nitrogens with two attached hydrogens (primary N) is 1. The first kappa shape index (κ1) is 23.2. The average Bonchev–Trinajstić information content (AvgIpc) is 2.98. The van der Waals surface area contributed by atoms with E-state index < -0.39 is 7.37 Å². The summed E-state index contributed by atoms with van der Waals surface area (Å²) >= 11 is 3.55. The Morgan fingerprint density at radius 2 is 2.13 bits per heavy atom. The van der Waals surface area contributed by atoms with Gasteiger partial charge < -0.3 is 19.6 Å². The Hall–Kier alpha value is -1.44. The van der Waals surface area contributed by atoms with Crippen LogP contribution in [0, 0.1) is 5.92 Å². The van der Waals surface area contributed by atoms with Crippen LogP contribution in [0.1, 0.15) is 52.4 Å². The first-order valence-corrected chi connectivity index (χ1v) is 13.5. The summed E-state index contributed by atoms with van der Waals surface area (Å²) in [4.78, 5) is 13.3. The normalized spacial score (nSPS) is 20.5. The fourth-order valence-electron chi connectivity index (χ4n) is 3.86. The van der Waals surface area contributed by atoms with E-state index in [-0.39, 0.29) is 6.01 Å². The van der Waals surface area contributed by atoms with Gasteiger partial charge in [-0.1, -0.05) is 18.9 Å². The molecule has 2 unspecified atom stereocenters. The molecule has 166 valence electrons. The molecular formula is C20H31BrN5O3P. The summed E-state index contributed by atoms with van der Waals surface area (Å²) in [5.74, 6) is 2.57. The van der Waals surface area contributed by atoms with Gasteiger partial charge in [-0.05, 0) is 66.7 Å². The highest BCUT2D eigenvalue weighted by Gasteiger charge is 2.24. The van der Waals surface area contributed by atoms with Gasteiger partial charge >= 0.3 is 6.01 Å². The molecule has 3 rings (SSSR count). The molecule has 0 aromatic carbocycles. The van der Waals surface area contributed by atoms with Crippen LogP contribution in [0.3, 0.4) is 0 Å². The van der Waals surface area contributed by atoms with Gasteiger partial charge in [0.15, 0.2) is 21.7 Å². The van der Waals surface area contributed by atoms with Crippen LogP contribution in [-0.4, -0.2) is 39.4 Å². The number of hydrogen-bond acceptors (Lipinski definition) is 7. The maximum atomic E-state index is 12.6. The molecule has 0 radical (unpaired) electrons. The number of ether oxygens (including phenoxy) is 1. The maximum Gasteiger partial charge on any atom is 0.320 e. The molecule has 0 amide bonds. The summed E-state index contributed by atoms with van der Waals surface area (Å²) in [5.41, 5.74) is 8.57. The molecule has 10 heteroatoms. The minimum atomic E-state index is -2.68. The average molecular weight is 500 g/mol. The molecule has 1 fully saturated rings. The van der Waals surface area contributed by atoms with Crippen LogP contribution < -0.4 is 10.5 Å². The lowest BCUT2D eigenvalue weighted by molar-refractivity contribution is 0.286. The Morgan fingerprint density at radius 3 is 2.87 bits per heavy atom. The van der Waals surface area contributed by atoms with Crippen LogP contribution in [-0.2, 0) is 15.6 Å². The number of fused-ring (bicyclic) bond motifs is 1. The summed E-state index contributed by atoms with van der Waals surface area (Å²) in [6, 6.07) is 0.287. The van der Waals surface area contributed by atoms with Crippen molar-refractivity contribution in [1.29, 1.82) is 0 Å². The summed E-state index contributed by atoms with van der Waals surface area (Å²) in [7, 11) is -2.68. The highest BCUT2D eigenvalue weighted by Crippen LogP contribution is 2.47. The van der Waals surface area contributed by atoms with E-state index in [0.717, 1.165) is 45.1 Å². The molecule has 2 aromatic rings. The minimum Gasteiger partial charge on any atom is -0.463 e. The topological polar surface area (TPSA) is 105 Å². The van der Waals surface area contributed by atoms with Gasteiger partial charge in [-0.25, -0.2) is 4.98 Å². The third-order valence-electron chi connectivity index (χ3n) is 5.19. The number of halogens is 1. The monoisotopic (exact) mass is 499 g/mol. The molecule has 8 nitrogen and oxygen atoms in total. The zero-order valence-electron chi connectivity index (χ0n) is 17.9. The van der Waals surface area contributed by atoms with Crippen molar-refractivity contribution in [3.05, 3.63) is 16.1 Å². The van der Waals surface area contributed by atoms with Gasteiger partial charge in [0.2, 0.25) is 7.37 Å². The highest BCUT2D eigenvalue weighted by molar-refractivity contribution is 9.10. The summed E-state index contributed by atoms with van der Waals surface area (Å²) in [6.45, 7) is 7.42. The largest absolute Gasteiger partial charge is 0.463 e. The van der Waals surface area contributed by atoms with Crippen molar-refractivity contribution >= 4 is 40.3 Å². The Balaban J connectivity index is 1.81. The summed E-state index contributed by atoms with van der Waals surface area (Å²) < 4.78 is 26.4. The number of unbranched alkanes of at least 4 members (excludes halogenated alkanes) is 1.